The first-order chi connectivity index (χ1) is 12.8. The zero-order valence-corrected chi connectivity index (χ0v) is 18.4. The van der Waals surface area contributed by atoms with E-state index in [4.69, 9.17) is 0 Å². The van der Waals surface area contributed by atoms with E-state index in [0.29, 0.717) is 18.1 Å². The zero-order valence-electron chi connectivity index (χ0n) is 15.2. The number of sulfone groups is 1. The molecule has 0 radical (unpaired) electrons. The van der Waals surface area contributed by atoms with Crippen molar-refractivity contribution in [2.75, 3.05) is 18.1 Å². The molecule has 1 aliphatic rings. The summed E-state index contributed by atoms with van der Waals surface area (Å²) in [5.41, 5.74) is 1.90. The monoisotopic (exact) mass is 471 g/mol. The number of imidazole rings is 1. The number of hydrogen-bond acceptors (Lipinski definition) is 5. The Balaban J connectivity index is 1.66. The Morgan fingerprint density at radius 1 is 1.41 bits per heavy atom. The largest absolute Gasteiger partial charge is 0.338 e. The van der Waals surface area contributed by atoms with Gasteiger partial charge in [0.15, 0.2) is 15.0 Å². The number of aromatic amines is 1. The van der Waals surface area contributed by atoms with Gasteiger partial charge in [0.25, 0.3) is 0 Å². The summed E-state index contributed by atoms with van der Waals surface area (Å²) in [7, 11) is -3.02. The maximum Gasteiger partial charge on any atom is 0.236 e. The van der Waals surface area contributed by atoms with E-state index in [1.807, 2.05) is 38.1 Å². The van der Waals surface area contributed by atoms with Gasteiger partial charge in [-0.25, -0.2) is 13.4 Å². The van der Waals surface area contributed by atoms with Gasteiger partial charge in [-0.15, -0.1) is 0 Å². The van der Waals surface area contributed by atoms with Gasteiger partial charge in [0.05, 0.1) is 28.6 Å². The highest BCUT2D eigenvalue weighted by Crippen LogP contribution is 2.27. The molecule has 146 valence electrons. The average molecular weight is 472 g/mol. The third-order valence-electron chi connectivity index (χ3n) is 4.62. The third-order valence-corrected chi connectivity index (χ3v) is 7.88. The Kier molecular flexibility index (Phi) is 6.32. The summed E-state index contributed by atoms with van der Waals surface area (Å²) >= 11 is 4.77. The van der Waals surface area contributed by atoms with Gasteiger partial charge in [-0.1, -0.05) is 39.8 Å². The van der Waals surface area contributed by atoms with Gasteiger partial charge in [-0.05, 0) is 38.0 Å². The standard InChI is InChI=1S/C18H22BrN3O3S2/c1-3-22(15-8-9-27(24,25)11-15)17(23)12(2)26-18-20-10-16(21-18)13-4-6-14(19)7-5-13/h4-7,10,12,15H,3,8-9,11H2,1-2H3,(H,20,21)/t12-,15+/m1/s1. The van der Waals surface area contributed by atoms with Crippen LogP contribution in [0.15, 0.2) is 40.1 Å². The molecule has 0 aliphatic carbocycles. The van der Waals surface area contributed by atoms with Crippen LogP contribution in [0, 0.1) is 0 Å². The first kappa shape index (κ1) is 20.4. The van der Waals surface area contributed by atoms with E-state index in [-0.39, 0.29) is 28.7 Å². The lowest BCUT2D eigenvalue weighted by molar-refractivity contribution is -0.131. The molecule has 1 aliphatic heterocycles. The minimum Gasteiger partial charge on any atom is -0.338 e. The lowest BCUT2D eigenvalue weighted by Gasteiger charge is -2.29. The number of H-pyrrole nitrogens is 1. The molecule has 2 atom stereocenters. The van der Waals surface area contributed by atoms with Crippen LogP contribution in [0.5, 0.6) is 0 Å². The molecule has 3 rings (SSSR count). The van der Waals surface area contributed by atoms with Gasteiger partial charge in [0, 0.05) is 17.1 Å². The Morgan fingerprint density at radius 2 is 2.11 bits per heavy atom. The molecule has 1 aromatic heterocycles. The van der Waals surface area contributed by atoms with Gasteiger partial charge >= 0.3 is 0 Å². The van der Waals surface area contributed by atoms with Crippen LogP contribution in [0.25, 0.3) is 11.3 Å². The lowest BCUT2D eigenvalue weighted by atomic mass is 10.2. The fourth-order valence-electron chi connectivity index (χ4n) is 3.21. The molecule has 1 saturated heterocycles. The summed E-state index contributed by atoms with van der Waals surface area (Å²) in [6.45, 7) is 4.23. The Bertz CT molecular complexity index is 912. The van der Waals surface area contributed by atoms with E-state index >= 15 is 0 Å². The zero-order chi connectivity index (χ0) is 19.6. The van der Waals surface area contributed by atoms with Crippen LogP contribution < -0.4 is 0 Å². The second-order valence-corrected chi connectivity index (χ2v) is 11.0. The molecule has 1 aromatic carbocycles. The molecule has 2 aromatic rings. The Labute approximate surface area is 172 Å². The highest BCUT2D eigenvalue weighted by atomic mass is 79.9. The molecule has 1 amide bonds. The highest BCUT2D eigenvalue weighted by molar-refractivity contribution is 9.10. The van der Waals surface area contributed by atoms with Crippen LogP contribution in [0.3, 0.4) is 0 Å². The number of halogens is 1. The minimum atomic E-state index is -3.02. The molecule has 0 saturated carbocycles. The SMILES string of the molecule is CCN(C(=O)[C@@H](C)Sc1ncc(-c2ccc(Br)cc2)[nH]1)[C@H]1CCS(=O)(=O)C1. The van der Waals surface area contributed by atoms with E-state index in [0.717, 1.165) is 15.7 Å². The molecule has 1 fully saturated rings. The molecule has 27 heavy (non-hydrogen) atoms. The van der Waals surface area contributed by atoms with Crippen molar-refractivity contribution in [2.45, 2.75) is 36.7 Å². The topological polar surface area (TPSA) is 83.1 Å². The Morgan fingerprint density at radius 3 is 2.70 bits per heavy atom. The number of thioether (sulfide) groups is 1. The van der Waals surface area contributed by atoms with Crippen LogP contribution in [0.2, 0.25) is 0 Å². The molecule has 9 heteroatoms. The predicted molar refractivity (Wildman–Crippen MR) is 111 cm³/mol. The number of carbonyl (C=O) groups excluding carboxylic acids is 1. The van der Waals surface area contributed by atoms with E-state index in [1.165, 1.54) is 11.8 Å². The van der Waals surface area contributed by atoms with Gasteiger partial charge < -0.3 is 9.88 Å². The number of hydrogen-bond donors (Lipinski definition) is 1. The van der Waals surface area contributed by atoms with Gasteiger partial charge in [-0.2, -0.15) is 0 Å². The molecular weight excluding hydrogens is 450 g/mol. The summed E-state index contributed by atoms with van der Waals surface area (Å²) < 4.78 is 24.5. The predicted octanol–water partition coefficient (Wildman–Crippen LogP) is 3.36. The number of aromatic nitrogens is 2. The normalized spacial score (nSPS) is 19.7. The van der Waals surface area contributed by atoms with Crippen LogP contribution in [-0.4, -0.2) is 58.5 Å². The van der Waals surface area contributed by atoms with E-state index < -0.39 is 9.84 Å². The van der Waals surface area contributed by atoms with Crippen molar-refractivity contribution in [2.24, 2.45) is 0 Å². The van der Waals surface area contributed by atoms with Crippen molar-refractivity contribution >= 4 is 43.4 Å². The molecule has 6 nitrogen and oxygen atoms in total. The summed E-state index contributed by atoms with van der Waals surface area (Å²) in [6.07, 6.45) is 2.28. The van der Waals surface area contributed by atoms with Gasteiger partial charge in [0.1, 0.15) is 0 Å². The number of nitrogens with zero attached hydrogens (tertiary/aromatic N) is 2. The molecule has 0 spiro atoms. The fourth-order valence-corrected chi connectivity index (χ4v) is 6.05. The molecule has 0 bridgehead atoms. The number of nitrogens with one attached hydrogen (secondary N) is 1. The maximum absolute atomic E-state index is 12.9. The maximum atomic E-state index is 12.9. The van der Waals surface area contributed by atoms with Gasteiger partial charge in [-0.3, -0.25) is 4.79 Å². The number of benzene rings is 1. The van der Waals surface area contributed by atoms with E-state index in [9.17, 15) is 13.2 Å². The first-order valence-electron chi connectivity index (χ1n) is 8.77. The lowest BCUT2D eigenvalue weighted by Crippen LogP contribution is -2.44. The fraction of sp³-hybridized carbons (Fsp3) is 0.444. The van der Waals surface area contributed by atoms with Crippen LogP contribution in [0.1, 0.15) is 20.3 Å². The molecular formula is C18H22BrN3O3S2. The van der Waals surface area contributed by atoms with Crippen LogP contribution in [0.4, 0.5) is 0 Å². The average Bonchev–Trinajstić information content (AvgIpc) is 3.22. The Hall–Kier alpha value is -1.32. The van der Waals surface area contributed by atoms with Crippen molar-refractivity contribution < 1.29 is 13.2 Å². The smallest absolute Gasteiger partial charge is 0.236 e. The van der Waals surface area contributed by atoms with Gasteiger partial charge in [0.2, 0.25) is 5.91 Å². The quantitative estimate of drug-likeness (QED) is 0.652. The van der Waals surface area contributed by atoms with Crippen molar-refractivity contribution in [1.82, 2.24) is 14.9 Å². The highest BCUT2D eigenvalue weighted by Gasteiger charge is 2.35. The van der Waals surface area contributed by atoms with Crippen molar-refractivity contribution in [1.29, 1.82) is 0 Å². The van der Waals surface area contributed by atoms with Crippen LogP contribution >= 0.6 is 27.7 Å². The number of carbonyl (C=O) groups is 1. The second-order valence-electron chi connectivity index (χ2n) is 6.55. The van der Waals surface area contributed by atoms with E-state index in [1.54, 1.807) is 11.1 Å². The summed E-state index contributed by atoms with van der Waals surface area (Å²) in [4.78, 5) is 22.2. The van der Waals surface area contributed by atoms with Crippen molar-refractivity contribution in [3.05, 3.63) is 34.9 Å². The van der Waals surface area contributed by atoms with E-state index in [2.05, 4.69) is 25.9 Å². The minimum absolute atomic E-state index is 0.0498. The first-order valence-corrected chi connectivity index (χ1v) is 12.3. The number of rotatable bonds is 6. The molecule has 1 N–H and O–H groups in total. The third kappa shape index (κ3) is 4.94. The summed E-state index contributed by atoms with van der Waals surface area (Å²) in [5.74, 6) is 0.182. The molecule has 2 heterocycles. The van der Waals surface area contributed by atoms with Crippen molar-refractivity contribution in [3.63, 3.8) is 0 Å². The van der Waals surface area contributed by atoms with Crippen LogP contribution in [-0.2, 0) is 14.6 Å². The molecule has 0 unspecified atom stereocenters. The summed E-state index contributed by atoms with van der Waals surface area (Å²) in [6, 6.07) is 7.68. The second kappa shape index (κ2) is 8.36. The summed E-state index contributed by atoms with van der Waals surface area (Å²) in [5, 5.41) is 0.320. The van der Waals surface area contributed by atoms with Crippen molar-refractivity contribution in [3.8, 4) is 11.3 Å². The number of amides is 1.